The lowest BCUT2D eigenvalue weighted by Crippen LogP contribution is -2.41. The van der Waals surface area contributed by atoms with Crippen LogP contribution in [0.2, 0.25) is 0 Å². The van der Waals surface area contributed by atoms with Crippen molar-refractivity contribution in [1.82, 2.24) is 9.27 Å². The molecule has 128 valence electrons. The Morgan fingerprint density at radius 1 is 1.33 bits per heavy atom. The van der Waals surface area contributed by atoms with Gasteiger partial charge in [0.25, 0.3) is 5.91 Å². The summed E-state index contributed by atoms with van der Waals surface area (Å²) in [7, 11) is 1.83. The van der Waals surface area contributed by atoms with E-state index in [9.17, 15) is 4.79 Å². The number of carbonyl (C=O) groups excluding carboxylic acids is 1. The first-order valence-corrected chi connectivity index (χ1v) is 9.05. The third-order valence-electron chi connectivity index (χ3n) is 4.36. The SMILES string of the molecule is CNc1snc(C)c1C(=O)N1CCC(OCc2ccccc2)CC1. The largest absolute Gasteiger partial charge is 0.378 e. The minimum absolute atomic E-state index is 0.0760. The van der Waals surface area contributed by atoms with Gasteiger partial charge in [-0.1, -0.05) is 30.3 Å². The fourth-order valence-corrected chi connectivity index (χ4v) is 3.70. The topological polar surface area (TPSA) is 54.5 Å². The zero-order valence-electron chi connectivity index (χ0n) is 14.1. The molecule has 0 unspecified atom stereocenters. The zero-order chi connectivity index (χ0) is 16.9. The second-order valence-electron chi connectivity index (χ2n) is 6.01. The Morgan fingerprint density at radius 3 is 2.71 bits per heavy atom. The van der Waals surface area contributed by atoms with Gasteiger partial charge in [-0.05, 0) is 36.9 Å². The molecule has 1 N–H and O–H groups in total. The molecule has 1 aromatic carbocycles. The number of nitrogens with one attached hydrogen (secondary N) is 1. The molecule has 2 heterocycles. The molecule has 1 aliphatic heterocycles. The summed E-state index contributed by atoms with van der Waals surface area (Å²) in [5.74, 6) is 0.0760. The molecule has 2 aromatic rings. The summed E-state index contributed by atoms with van der Waals surface area (Å²) in [5.41, 5.74) is 2.71. The summed E-state index contributed by atoms with van der Waals surface area (Å²) in [5, 5.41) is 3.91. The van der Waals surface area contributed by atoms with Crippen molar-refractivity contribution in [2.24, 2.45) is 0 Å². The highest BCUT2D eigenvalue weighted by molar-refractivity contribution is 7.10. The van der Waals surface area contributed by atoms with Gasteiger partial charge in [0.05, 0.1) is 24.0 Å². The van der Waals surface area contributed by atoms with Gasteiger partial charge in [-0.2, -0.15) is 4.37 Å². The number of likely N-dealkylation sites (tertiary alicyclic amines) is 1. The lowest BCUT2D eigenvalue weighted by atomic mass is 10.1. The van der Waals surface area contributed by atoms with Crippen LogP contribution in [0.1, 0.15) is 34.5 Å². The lowest BCUT2D eigenvalue weighted by Gasteiger charge is -2.32. The first-order chi connectivity index (χ1) is 11.7. The number of nitrogens with zero attached hydrogens (tertiary/aromatic N) is 2. The smallest absolute Gasteiger partial charge is 0.258 e. The number of ether oxygens (including phenoxy) is 1. The van der Waals surface area contributed by atoms with E-state index in [0.29, 0.717) is 12.2 Å². The Labute approximate surface area is 146 Å². The van der Waals surface area contributed by atoms with Crippen molar-refractivity contribution < 1.29 is 9.53 Å². The molecule has 0 atom stereocenters. The van der Waals surface area contributed by atoms with Gasteiger partial charge >= 0.3 is 0 Å². The van der Waals surface area contributed by atoms with E-state index in [4.69, 9.17) is 4.74 Å². The van der Waals surface area contributed by atoms with Crippen molar-refractivity contribution in [1.29, 1.82) is 0 Å². The van der Waals surface area contributed by atoms with Crippen LogP contribution < -0.4 is 5.32 Å². The van der Waals surface area contributed by atoms with E-state index in [1.165, 1.54) is 17.1 Å². The molecule has 3 rings (SSSR count). The number of amides is 1. The molecule has 6 heteroatoms. The number of carbonyl (C=O) groups is 1. The normalized spacial score (nSPS) is 15.5. The van der Waals surface area contributed by atoms with Gasteiger partial charge in [0.15, 0.2) is 0 Å². The van der Waals surface area contributed by atoms with E-state index < -0.39 is 0 Å². The molecule has 1 fully saturated rings. The molecule has 1 amide bonds. The van der Waals surface area contributed by atoms with Crippen molar-refractivity contribution in [2.75, 3.05) is 25.5 Å². The molecule has 0 saturated carbocycles. The van der Waals surface area contributed by atoms with Crippen LogP contribution in [0, 0.1) is 6.92 Å². The number of benzene rings is 1. The van der Waals surface area contributed by atoms with E-state index in [1.807, 2.05) is 37.1 Å². The van der Waals surface area contributed by atoms with E-state index in [1.54, 1.807) is 0 Å². The second-order valence-corrected chi connectivity index (χ2v) is 6.78. The lowest BCUT2D eigenvalue weighted by molar-refractivity contribution is -0.000365. The van der Waals surface area contributed by atoms with Crippen LogP contribution in [-0.4, -0.2) is 41.4 Å². The maximum absolute atomic E-state index is 12.8. The molecular weight excluding hydrogens is 322 g/mol. The Hall–Kier alpha value is -1.92. The summed E-state index contributed by atoms with van der Waals surface area (Å²) in [4.78, 5) is 14.7. The number of piperidine rings is 1. The Morgan fingerprint density at radius 2 is 2.04 bits per heavy atom. The average Bonchev–Trinajstić information content (AvgIpc) is 3.01. The third kappa shape index (κ3) is 3.76. The number of aryl methyl sites for hydroxylation is 1. The van der Waals surface area contributed by atoms with Crippen LogP contribution in [0.4, 0.5) is 5.00 Å². The Balaban J connectivity index is 1.53. The predicted octanol–water partition coefficient (Wildman–Crippen LogP) is 3.31. The van der Waals surface area contributed by atoms with Gasteiger partial charge in [-0.15, -0.1) is 0 Å². The number of hydrogen-bond acceptors (Lipinski definition) is 5. The zero-order valence-corrected chi connectivity index (χ0v) is 14.9. The summed E-state index contributed by atoms with van der Waals surface area (Å²) < 4.78 is 10.3. The van der Waals surface area contributed by atoms with Crippen LogP contribution in [0.3, 0.4) is 0 Å². The third-order valence-corrected chi connectivity index (χ3v) is 5.32. The molecule has 0 radical (unpaired) electrons. The number of rotatable bonds is 5. The Bertz CT molecular complexity index is 679. The van der Waals surface area contributed by atoms with Gasteiger partial charge in [0.2, 0.25) is 0 Å². The monoisotopic (exact) mass is 345 g/mol. The van der Waals surface area contributed by atoms with Crippen molar-refractivity contribution in [3.8, 4) is 0 Å². The molecule has 1 aromatic heterocycles. The highest BCUT2D eigenvalue weighted by Crippen LogP contribution is 2.27. The molecule has 0 aliphatic carbocycles. The summed E-state index contributed by atoms with van der Waals surface area (Å²) in [6.45, 7) is 3.99. The van der Waals surface area contributed by atoms with E-state index >= 15 is 0 Å². The van der Waals surface area contributed by atoms with Gasteiger partial charge in [-0.25, -0.2) is 0 Å². The average molecular weight is 345 g/mol. The van der Waals surface area contributed by atoms with Crippen LogP contribution >= 0.6 is 11.5 Å². The highest BCUT2D eigenvalue weighted by atomic mass is 32.1. The molecule has 1 saturated heterocycles. The molecule has 0 spiro atoms. The molecule has 5 nitrogen and oxygen atoms in total. The fourth-order valence-electron chi connectivity index (χ4n) is 2.96. The Kier molecular flexibility index (Phi) is 5.48. The molecule has 1 aliphatic rings. The van der Waals surface area contributed by atoms with Crippen molar-refractivity contribution >= 4 is 22.4 Å². The van der Waals surface area contributed by atoms with Crippen molar-refractivity contribution in [3.05, 3.63) is 47.2 Å². The first kappa shape index (κ1) is 16.9. The minimum Gasteiger partial charge on any atom is -0.378 e. The maximum atomic E-state index is 12.8. The number of hydrogen-bond donors (Lipinski definition) is 1. The fraction of sp³-hybridized carbons (Fsp3) is 0.444. The second kappa shape index (κ2) is 7.77. The van der Waals surface area contributed by atoms with E-state index in [-0.39, 0.29) is 12.0 Å². The summed E-state index contributed by atoms with van der Waals surface area (Å²) in [6, 6.07) is 10.2. The van der Waals surface area contributed by atoms with Crippen molar-refractivity contribution in [3.63, 3.8) is 0 Å². The highest BCUT2D eigenvalue weighted by Gasteiger charge is 2.27. The van der Waals surface area contributed by atoms with Crippen LogP contribution in [0.5, 0.6) is 0 Å². The van der Waals surface area contributed by atoms with Crippen LogP contribution in [0.25, 0.3) is 0 Å². The van der Waals surface area contributed by atoms with Crippen LogP contribution in [0.15, 0.2) is 30.3 Å². The van der Waals surface area contributed by atoms with Gasteiger partial charge in [-0.3, -0.25) is 4.79 Å². The summed E-state index contributed by atoms with van der Waals surface area (Å²) >= 11 is 1.34. The van der Waals surface area contributed by atoms with E-state index in [0.717, 1.165) is 36.6 Å². The van der Waals surface area contributed by atoms with Gasteiger partial charge in [0.1, 0.15) is 5.00 Å². The summed E-state index contributed by atoms with van der Waals surface area (Å²) in [6.07, 6.45) is 1.98. The standard InChI is InChI=1S/C18H23N3O2S/c1-13-16(17(19-2)24-20-13)18(22)21-10-8-15(9-11-21)23-12-14-6-4-3-5-7-14/h3-7,15,19H,8-12H2,1-2H3. The van der Waals surface area contributed by atoms with Gasteiger partial charge in [0, 0.05) is 20.1 Å². The maximum Gasteiger partial charge on any atom is 0.258 e. The molecule has 0 bridgehead atoms. The molecule has 24 heavy (non-hydrogen) atoms. The van der Waals surface area contributed by atoms with Crippen molar-refractivity contribution in [2.45, 2.75) is 32.5 Å². The first-order valence-electron chi connectivity index (χ1n) is 8.28. The minimum atomic E-state index is 0.0760. The quantitative estimate of drug-likeness (QED) is 0.903. The molecular formula is C18H23N3O2S. The van der Waals surface area contributed by atoms with Crippen LogP contribution in [-0.2, 0) is 11.3 Å². The number of aromatic nitrogens is 1. The predicted molar refractivity (Wildman–Crippen MR) is 96.6 cm³/mol. The number of anilines is 1. The van der Waals surface area contributed by atoms with Gasteiger partial charge < -0.3 is 15.0 Å². The van der Waals surface area contributed by atoms with E-state index in [2.05, 4.69) is 21.8 Å².